The highest BCUT2D eigenvalue weighted by Gasteiger charge is 2.34. The van der Waals surface area contributed by atoms with Gasteiger partial charge in [0.1, 0.15) is 18.3 Å². The number of alkyl halides is 2. The third kappa shape index (κ3) is 8.19. The van der Waals surface area contributed by atoms with Gasteiger partial charge in [0.15, 0.2) is 0 Å². The van der Waals surface area contributed by atoms with Gasteiger partial charge in [0.2, 0.25) is 5.88 Å². The van der Waals surface area contributed by atoms with Gasteiger partial charge in [0.05, 0.1) is 17.7 Å². The summed E-state index contributed by atoms with van der Waals surface area (Å²) in [5.41, 5.74) is 3.79. The summed E-state index contributed by atoms with van der Waals surface area (Å²) in [5.74, 6) is -2.36. The van der Waals surface area contributed by atoms with Crippen LogP contribution in [0, 0.1) is 0 Å². The molecule has 0 radical (unpaired) electrons. The lowest BCUT2D eigenvalue weighted by Gasteiger charge is -2.35. The molecular weight excluding hydrogens is 606 g/mol. The van der Waals surface area contributed by atoms with Crippen LogP contribution in [0.15, 0.2) is 55.0 Å². The second-order valence-electron chi connectivity index (χ2n) is 13.7. The summed E-state index contributed by atoms with van der Waals surface area (Å²) in [6, 6.07) is 12.3. The van der Waals surface area contributed by atoms with Crippen molar-refractivity contribution in [3.05, 3.63) is 55.0 Å². The van der Waals surface area contributed by atoms with E-state index in [0.717, 1.165) is 27.5 Å². The van der Waals surface area contributed by atoms with Crippen molar-refractivity contribution in [2.75, 3.05) is 26.3 Å². The summed E-state index contributed by atoms with van der Waals surface area (Å²) >= 11 is 0. The minimum absolute atomic E-state index is 0.00188. The fourth-order valence-electron chi connectivity index (χ4n) is 6.20. The van der Waals surface area contributed by atoms with Gasteiger partial charge < -0.3 is 28.4 Å². The van der Waals surface area contributed by atoms with Gasteiger partial charge in [0, 0.05) is 92.5 Å². The average Bonchev–Trinajstić information content (AvgIpc) is 3.31. The summed E-state index contributed by atoms with van der Waals surface area (Å²) in [5, 5.41) is 2.30. The van der Waals surface area contributed by atoms with Crippen molar-refractivity contribution in [3.8, 4) is 17.0 Å². The Hall–Kier alpha value is -3.83. The molecule has 0 atom stereocenters. The summed E-state index contributed by atoms with van der Waals surface area (Å²) in [6.07, 6.45) is 7.28. The number of benzene rings is 1. The van der Waals surface area contributed by atoms with Crippen LogP contribution in [0.25, 0.3) is 32.9 Å². The number of ether oxygens (including phenoxy) is 4. The Morgan fingerprint density at radius 1 is 0.915 bits per heavy atom. The van der Waals surface area contributed by atoms with E-state index in [1.807, 2.05) is 57.6 Å². The Bertz CT molecular complexity index is 1670. The van der Waals surface area contributed by atoms with Crippen LogP contribution in [0.1, 0.15) is 59.3 Å². The van der Waals surface area contributed by atoms with Crippen LogP contribution >= 0.6 is 0 Å². The van der Waals surface area contributed by atoms with Crippen molar-refractivity contribution in [2.45, 2.75) is 89.1 Å². The molecule has 1 aliphatic heterocycles. The van der Waals surface area contributed by atoms with Crippen molar-refractivity contribution in [1.29, 1.82) is 0 Å². The Balaban J connectivity index is 0.867. The highest BCUT2D eigenvalue weighted by atomic mass is 19.3. The van der Waals surface area contributed by atoms with E-state index in [0.29, 0.717) is 44.7 Å². The first kappa shape index (κ1) is 33.1. The molecular formula is C36H44F2N4O5. The maximum absolute atomic E-state index is 14.5. The number of aryl methyl sites for hydroxylation is 1. The molecule has 3 aromatic heterocycles. The van der Waals surface area contributed by atoms with E-state index in [1.54, 1.807) is 4.90 Å². The average molecular weight is 651 g/mol. The zero-order chi connectivity index (χ0) is 33.2. The maximum Gasteiger partial charge on any atom is 0.410 e. The second kappa shape index (κ2) is 13.7. The van der Waals surface area contributed by atoms with Gasteiger partial charge in [-0.2, -0.15) is 0 Å². The molecule has 1 saturated heterocycles. The number of amides is 1. The molecule has 2 fully saturated rings. The highest BCUT2D eigenvalue weighted by Crippen LogP contribution is 2.33. The molecule has 47 heavy (non-hydrogen) atoms. The van der Waals surface area contributed by atoms with Crippen molar-refractivity contribution in [3.63, 3.8) is 0 Å². The normalized spacial score (nSPS) is 19.2. The molecule has 4 aromatic rings. The number of pyridine rings is 2. The molecule has 0 N–H and O–H groups in total. The molecule has 9 nitrogen and oxygen atoms in total. The smallest absolute Gasteiger partial charge is 0.410 e. The van der Waals surface area contributed by atoms with E-state index in [2.05, 4.69) is 39.8 Å². The lowest BCUT2D eigenvalue weighted by atomic mass is 9.92. The number of piperidine rings is 1. The summed E-state index contributed by atoms with van der Waals surface area (Å²) < 4.78 is 53.9. The largest absolute Gasteiger partial charge is 0.474 e. The number of hydrogen-bond donors (Lipinski definition) is 0. The molecule has 1 aromatic carbocycles. The molecule has 0 spiro atoms. The maximum atomic E-state index is 14.5. The van der Waals surface area contributed by atoms with Crippen LogP contribution in [0.5, 0.6) is 5.88 Å². The van der Waals surface area contributed by atoms with E-state index in [9.17, 15) is 13.6 Å². The Kier molecular flexibility index (Phi) is 9.66. The van der Waals surface area contributed by atoms with E-state index >= 15 is 0 Å². The summed E-state index contributed by atoms with van der Waals surface area (Å²) in [4.78, 5) is 22.6. The van der Waals surface area contributed by atoms with Crippen LogP contribution < -0.4 is 4.74 Å². The number of fused-ring (bicyclic) bond motifs is 3. The number of carbonyl (C=O) groups is 1. The molecule has 1 amide bonds. The zero-order valence-electron chi connectivity index (χ0n) is 27.6. The second-order valence-corrected chi connectivity index (χ2v) is 13.7. The van der Waals surface area contributed by atoms with E-state index in [1.165, 1.54) is 5.39 Å². The number of halogens is 2. The van der Waals surface area contributed by atoms with Gasteiger partial charge >= 0.3 is 6.09 Å². The van der Waals surface area contributed by atoms with Crippen LogP contribution in [0.3, 0.4) is 0 Å². The molecule has 0 unspecified atom stereocenters. The van der Waals surface area contributed by atoms with Crippen molar-refractivity contribution in [1.82, 2.24) is 19.4 Å². The van der Waals surface area contributed by atoms with Crippen molar-refractivity contribution >= 4 is 27.9 Å². The number of hydrogen-bond acceptors (Lipinski definition) is 7. The van der Waals surface area contributed by atoms with Crippen molar-refractivity contribution < 1.29 is 32.5 Å². The standard InChI is InChI=1S/C36H44F2N4O5/c1-35(2,3)47-34(43)42-15-11-26(12-16-42)45-23-36(37,38)13-5-17-44-27-19-28(20-27)46-33-9-7-25(21-40-33)24-6-8-29-30-22-39-14-10-31(30)41(4)32(29)18-24/h6-10,14,18,21-22,26-28H,5,11-13,15-17,19-20,23H2,1-4H3/t27-,28-. The topological polar surface area (TPSA) is 87.9 Å². The Morgan fingerprint density at radius 3 is 2.40 bits per heavy atom. The zero-order valence-corrected chi connectivity index (χ0v) is 27.6. The SMILES string of the molecule is Cn1c2ccncc2c2ccc(-c3ccc(O[C@H]4C[C@H](OCCCC(F)(F)COC5CCN(C(=O)OC(C)(C)C)CC5)C4)nc3)cc21. The number of nitrogens with zero attached hydrogens (tertiary/aromatic N) is 4. The predicted octanol–water partition coefficient (Wildman–Crippen LogP) is 7.55. The van der Waals surface area contributed by atoms with Gasteiger partial charge in [-0.05, 0) is 63.8 Å². The lowest BCUT2D eigenvalue weighted by Crippen LogP contribution is -2.44. The number of aromatic nitrogens is 3. The molecule has 1 saturated carbocycles. The minimum Gasteiger partial charge on any atom is -0.474 e. The van der Waals surface area contributed by atoms with Crippen LogP contribution in [-0.2, 0) is 21.3 Å². The summed E-state index contributed by atoms with van der Waals surface area (Å²) in [6.45, 7) is 5.98. The van der Waals surface area contributed by atoms with E-state index < -0.39 is 18.1 Å². The van der Waals surface area contributed by atoms with Crippen LogP contribution in [-0.4, -0.2) is 81.7 Å². The Labute approximate surface area is 274 Å². The van der Waals surface area contributed by atoms with Crippen LogP contribution in [0.2, 0.25) is 0 Å². The number of carbonyl (C=O) groups excluding carboxylic acids is 1. The molecule has 252 valence electrons. The molecule has 11 heteroatoms. The van der Waals surface area contributed by atoms with E-state index in [-0.39, 0.29) is 43.9 Å². The number of rotatable bonds is 11. The fraction of sp³-hybridized carbons (Fsp3) is 0.528. The highest BCUT2D eigenvalue weighted by molar-refractivity contribution is 6.08. The fourth-order valence-corrected chi connectivity index (χ4v) is 6.20. The summed E-state index contributed by atoms with van der Waals surface area (Å²) in [7, 11) is 2.06. The van der Waals surface area contributed by atoms with Gasteiger partial charge in [-0.1, -0.05) is 12.1 Å². The third-order valence-electron chi connectivity index (χ3n) is 8.88. The van der Waals surface area contributed by atoms with Crippen LogP contribution in [0.4, 0.5) is 13.6 Å². The third-order valence-corrected chi connectivity index (χ3v) is 8.88. The van der Waals surface area contributed by atoms with Gasteiger partial charge in [-0.25, -0.2) is 18.6 Å². The molecule has 6 rings (SSSR count). The van der Waals surface area contributed by atoms with Gasteiger partial charge in [-0.15, -0.1) is 0 Å². The first-order valence-electron chi connectivity index (χ1n) is 16.5. The predicted molar refractivity (Wildman–Crippen MR) is 176 cm³/mol. The molecule has 0 bridgehead atoms. The lowest BCUT2D eigenvalue weighted by molar-refractivity contribution is -0.119. The molecule has 2 aliphatic rings. The first-order chi connectivity index (χ1) is 22.4. The Morgan fingerprint density at radius 2 is 1.68 bits per heavy atom. The monoisotopic (exact) mass is 650 g/mol. The first-order valence-corrected chi connectivity index (χ1v) is 16.5. The quantitative estimate of drug-likeness (QED) is 0.155. The van der Waals surface area contributed by atoms with E-state index in [4.69, 9.17) is 18.9 Å². The molecule has 1 aliphatic carbocycles. The molecule has 4 heterocycles. The van der Waals surface area contributed by atoms with Crippen molar-refractivity contribution in [2.24, 2.45) is 7.05 Å². The minimum atomic E-state index is -2.92. The van der Waals surface area contributed by atoms with Gasteiger partial charge in [-0.3, -0.25) is 4.98 Å². The van der Waals surface area contributed by atoms with Gasteiger partial charge in [0.25, 0.3) is 5.92 Å². The number of likely N-dealkylation sites (tertiary alicyclic amines) is 1.